The molecule has 6 heteroatoms. The van der Waals surface area contributed by atoms with E-state index in [-0.39, 0.29) is 10.8 Å². The molecule has 2 rings (SSSR count). The van der Waals surface area contributed by atoms with Gasteiger partial charge in [0, 0.05) is 19.4 Å². The second-order valence-electron chi connectivity index (χ2n) is 4.67. The molecule has 0 amide bonds. The molecule has 1 aromatic carbocycles. The van der Waals surface area contributed by atoms with Crippen LogP contribution in [0.2, 0.25) is 0 Å². The smallest absolute Gasteiger partial charge is 0.348 e. The van der Waals surface area contributed by atoms with Gasteiger partial charge in [-0.3, -0.25) is 0 Å². The first-order valence-electron chi connectivity index (χ1n) is 5.93. The van der Waals surface area contributed by atoms with Crippen LogP contribution in [0.15, 0.2) is 27.1 Å². The van der Waals surface area contributed by atoms with E-state index >= 15 is 0 Å². The third-order valence-corrected chi connectivity index (χ3v) is 5.32. The molecule has 106 valence electrons. The van der Waals surface area contributed by atoms with Crippen molar-refractivity contribution < 1.29 is 9.90 Å². The minimum Gasteiger partial charge on any atom is -0.477 e. The van der Waals surface area contributed by atoms with E-state index in [9.17, 15) is 9.90 Å². The van der Waals surface area contributed by atoms with Gasteiger partial charge >= 0.3 is 5.97 Å². The van der Waals surface area contributed by atoms with E-state index in [0.717, 1.165) is 24.9 Å². The Morgan fingerprint density at radius 1 is 1.35 bits per heavy atom. The zero-order valence-corrected chi connectivity index (χ0v) is 14.9. The molecule has 2 aromatic rings. The van der Waals surface area contributed by atoms with Gasteiger partial charge in [-0.15, -0.1) is 11.3 Å². The predicted octanol–water partition coefficient (Wildman–Crippen LogP) is 5.34. The number of anilines is 1. The number of aromatic carboxylic acids is 1. The van der Waals surface area contributed by atoms with Gasteiger partial charge in [0.25, 0.3) is 0 Å². The number of benzene rings is 1. The molecule has 0 bridgehead atoms. The van der Waals surface area contributed by atoms with Crippen molar-refractivity contribution >= 4 is 54.9 Å². The zero-order chi connectivity index (χ0) is 15.0. The Hall–Kier alpha value is -0.850. The van der Waals surface area contributed by atoms with Crippen LogP contribution in [0.25, 0.3) is 10.4 Å². The first-order valence-corrected chi connectivity index (χ1v) is 8.34. The fraction of sp³-hybridized carbons (Fsp3) is 0.214. The fourth-order valence-electron chi connectivity index (χ4n) is 2.06. The van der Waals surface area contributed by atoms with Gasteiger partial charge in [-0.1, -0.05) is 51.8 Å². The monoisotopic (exact) mass is 417 g/mol. The number of nitrogen functional groups attached to an aromatic ring is 1. The molecule has 0 saturated carbocycles. The summed E-state index contributed by atoms with van der Waals surface area (Å²) in [6, 6.07) is 5.83. The summed E-state index contributed by atoms with van der Waals surface area (Å²) in [6.07, 6.45) is 0. The van der Waals surface area contributed by atoms with E-state index < -0.39 is 5.97 Å². The van der Waals surface area contributed by atoms with E-state index in [0.29, 0.717) is 5.69 Å². The molecule has 0 aliphatic heterocycles. The second kappa shape index (κ2) is 5.87. The van der Waals surface area contributed by atoms with Crippen LogP contribution in [0.1, 0.15) is 35.0 Å². The van der Waals surface area contributed by atoms with E-state index in [4.69, 9.17) is 5.73 Å². The molecule has 1 heterocycles. The lowest BCUT2D eigenvalue weighted by atomic mass is 9.98. The molecule has 0 fully saturated rings. The molecular formula is C14H13Br2NO2S. The van der Waals surface area contributed by atoms with E-state index in [1.807, 2.05) is 32.0 Å². The van der Waals surface area contributed by atoms with Crippen molar-refractivity contribution in [1.82, 2.24) is 0 Å². The van der Waals surface area contributed by atoms with E-state index in [1.165, 1.54) is 11.3 Å². The third kappa shape index (κ3) is 2.77. The van der Waals surface area contributed by atoms with Crippen molar-refractivity contribution in [2.45, 2.75) is 19.8 Å². The van der Waals surface area contributed by atoms with Gasteiger partial charge in [0.2, 0.25) is 0 Å². The maximum absolute atomic E-state index is 11.3. The number of halogens is 2. The molecule has 20 heavy (non-hydrogen) atoms. The first-order chi connectivity index (χ1) is 9.32. The molecule has 0 aliphatic carbocycles. The predicted molar refractivity (Wildman–Crippen MR) is 90.6 cm³/mol. The molecule has 0 aliphatic rings. The van der Waals surface area contributed by atoms with E-state index in [2.05, 4.69) is 31.9 Å². The summed E-state index contributed by atoms with van der Waals surface area (Å²) in [5.41, 5.74) is 8.26. The van der Waals surface area contributed by atoms with Crippen LogP contribution in [-0.4, -0.2) is 11.1 Å². The average molecular weight is 419 g/mol. The Morgan fingerprint density at radius 3 is 2.50 bits per heavy atom. The van der Waals surface area contributed by atoms with Gasteiger partial charge in [-0.2, -0.15) is 0 Å². The number of carboxylic acid groups (broad SMARTS) is 1. The standard InChI is InChI=1S/C14H13Br2NO2S/c1-6(2)10-11(17)13(14(18)19)20-12(10)8-4-3-7(15)5-9(8)16/h3-6H,17H2,1-2H3,(H,18,19). The largest absolute Gasteiger partial charge is 0.477 e. The van der Waals surface area contributed by atoms with Gasteiger partial charge in [-0.25, -0.2) is 4.79 Å². The number of carbonyl (C=O) groups is 1. The quantitative estimate of drug-likeness (QED) is 0.706. The van der Waals surface area contributed by atoms with Crippen molar-refractivity contribution in [2.24, 2.45) is 0 Å². The lowest BCUT2D eigenvalue weighted by Gasteiger charge is -2.10. The summed E-state index contributed by atoms with van der Waals surface area (Å²) in [5.74, 6) is -0.821. The topological polar surface area (TPSA) is 63.3 Å². The summed E-state index contributed by atoms with van der Waals surface area (Å²) in [7, 11) is 0. The van der Waals surface area contributed by atoms with Crippen LogP contribution in [0.3, 0.4) is 0 Å². The summed E-state index contributed by atoms with van der Waals surface area (Å²) in [5, 5.41) is 9.26. The number of carboxylic acids is 1. The number of hydrogen-bond donors (Lipinski definition) is 2. The molecule has 0 unspecified atom stereocenters. The highest BCUT2D eigenvalue weighted by Gasteiger charge is 2.24. The van der Waals surface area contributed by atoms with Crippen LogP contribution in [0, 0.1) is 0 Å². The normalized spacial score (nSPS) is 11.1. The molecule has 0 saturated heterocycles. The minimum atomic E-state index is -0.978. The Labute approximate surface area is 138 Å². The highest BCUT2D eigenvalue weighted by atomic mass is 79.9. The Balaban J connectivity index is 2.73. The Bertz CT molecular complexity index is 680. The highest BCUT2D eigenvalue weighted by molar-refractivity contribution is 9.11. The fourth-order valence-corrected chi connectivity index (χ4v) is 4.69. The van der Waals surface area contributed by atoms with Crippen molar-refractivity contribution in [3.63, 3.8) is 0 Å². The average Bonchev–Trinajstić information content (AvgIpc) is 2.66. The summed E-state index contributed by atoms with van der Waals surface area (Å²) in [4.78, 5) is 12.4. The van der Waals surface area contributed by atoms with Crippen molar-refractivity contribution in [3.05, 3.63) is 37.6 Å². The van der Waals surface area contributed by atoms with Crippen LogP contribution in [0.4, 0.5) is 5.69 Å². The number of thiophene rings is 1. The zero-order valence-electron chi connectivity index (χ0n) is 10.9. The van der Waals surface area contributed by atoms with Gasteiger partial charge in [0.05, 0.1) is 5.69 Å². The molecule has 3 N–H and O–H groups in total. The second-order valence-corrected chi connectivity index (χ2v) is 7.46. The van der Waals surface area contributed by atoms with Crippen molar-refractivity contribution in [1.29, 1.82) is 0 Å². The van der Waals surface area contributed by atoms with Crippen molar-refractivity contribution in [3.8, 4) is 10.4 Å². The van der Waals surface area contributed by atoms with Crippen LogP contribution in [0.5, 0.6) is 0 Å². The van der Waals surface area contributed by atoms with Gasteiger partial charge in [0.15, 0.2) is 0 Å². The molecule has 1 aromatic heterocycles. The molecule has 3 nitrogen and oxygen atoms in total. The first kappa shape index (κ1) is 15.5. The lowest BCUT2D eigenvalue weighted by molar-refractivity contribution is 0.0703. The van der Waals surface area contributed by atoms with Crippen molar-refractivity contribution in [2.75, 3.05) is 5.73 Å². The van der Waals surface area contributed by atoms with Crippen LogP contribution >= 0.6 is 43.2 Å². The Kier molecular flexibility index (Phi) is 4.56. The third-order valence-electron chi connectivity index (χ3n) is 2.93. The molecule has 0 atom stereocenters. The maximum atomic E-state index is 11.3. The lowest BCUT2D eigenvalue weighted by Crippen LogP contribution is -2.00. The molecular weight excluding hydrogens is 406 g/mol. The summed E-state index contributed by atoms with van der Waals surface area (Å²) < 4.78 is 1.87. The number of nitrogens with two attached hydrogens (primary N) is 1. The van der Waals surface area contributed by atoms with Crippen LogP contribution in [-0.2, 0) is 0 Å². The summed E-state index contributed by atoms with van der Waals surface area (Å²) in [6.45, 7) is 4.03. The van der Waals surface area contributed by atoms with E-state index in [1.54, 1.807) is 0 Å². The SMILES string of the molecule is CC(C)c1c(-c2ccc(Br)cc2Br)sc(C(=O)O)c1N. The number of rotatable bonds is 3. The number of hydrogen-bond acceptors (Lipinski definition) is 3. The van der Waals surface area contributed by atoms with Gasteiger partial charge < -0.3 is 10.8 Å². The van der Waals surface area contributed by atoms with Gasteiger partial charge in [0.1, 0.15) is 4.88 Å². The molecule has 0 radical (unpaired) electrons. The minimum absolute atomic E-state index is 0.157. The molecule has 0 spiro atoms. The maximum Gasteiger partial charge on any atom is 0.348 e. The van der Waals surface area contributed by atoms with Gasteiger partial charge in [-0.05, 0) is 23.6 Å². The Morgan fingerprint density at radius 2 is 2.00 bits per heavy atom. The highest BCUT2D eigenvalue weighted by Crippen LogP contribution is 2.45. The van der Waals surface area contributed by atoms with Crippen LogP contribution < -0.4 is 5.73 Å². The summed E-state index contributed by atoms with van der Waals surface area (Å²) >= 11 is 8.17.